The van der Waals surface area contributed by atoms with Gasteiger partial charge < -0.3 is 5.11 Å². The lowest BCUT2D eigenvalue weighted by Gasteiger charge is -2.16. The van der Waals surface area contributed by atoms with E-state index in [2.05, 4.69) is 39.2 Å². The maximum Gasteiger partial charge on any atom is 0.335 e. The minimum atomic E-state index is -0.927. The van der Waals surface area contributed by atoms with Crippen LogP contribution in [0.15, 0.2) is 36.4 Å². The second-order valence-electron chi connectivity index (χ2n) is 4.86. The Bertz CT molecular complexity index is 490. The van der Waals surface area contributed by atoms with E-state index in [1.165, 1.54) is 0 Å². The summed E-state index contributed by atoms with van der Waals surface area (Å²) in [6, 6.07) is 6.50. The first-order valence-corrected chi connectivity index (χ1v) is 5.35. The van der Waals surface area contributed by atoms with Gasteiger partial charge in [0.1, 0.15) is 0 Å². The summed E-state index contributed by atoms with van der Waals surface area (Å²) in [7, 11) is 0. The molecule has 2 heteroatoms. The van der Waals surface area contributed by atoms with Gasteiger partial charge in [-0.05, 0) is 29.7 Å². The van der Waals surface area contributed by atoms with E-state index in [-0.39, 0.29) is 11.0 Å². The number of carboxylic acids is 1. The third-order valence-electron chi connectivity index (χ3n) is 2.39. The fourth-order valence-electron chi connectivity index (χ4n) is 1.03. The Morgan fingerprint density at radius 2 is 1.76 bits per heavy atom. The van der Waals surface area contributed by atoms with E-state index < -0.39 is 5.97 Å². The van der Waals surface area contributed by atoms with E-state index in [0.717, 1.165) is 11.1 Å². The molecule has 0 unspecified atom stereocenters. The molecule has 0 aromatic heterocycles. The van der Waals surface area contributed by atoms with Crippen LogP contribution in [-0.2, 0) is 0 Å². The molecule has 17 heavy (non-hydrogen) atoms. The summed E-state index contributed by atoms with van der Waals surface area (Å²) in [5.74, 6) is 5.04. The fraction of sp³-hybridized carbons (Fsp3) is 0.267. The maximum absolute atomic E-state index is 10.7. The summed E-state index contributed by atoms with van der Waals surface area (Å²) in [4.78, 5) is 10.7. The van der Waals surface area contributed by atoms with Crippen LogP contribution >= 0.6 is 0 Å². The lowest BCUT2D eigenvalue weighted by Crippen LogP contribution is -2.06. The zero-order valence-electron chi connectivity index (χ0n) is 10.4. The Morgan fingerprint density at radius 1 is 1.24 bits per heavy atom. The largest absolute Gasteiger partial charge is 0.478 e. The smallest absolute Gasteiger partial charge is 0.335 e. The summed E-state index contributed by atoms with van der Waals surface area (Å²) in [6.45, 7) is 10.1. The molecule has 0 aliphatic rings. The number of carbonyl (C=O) groups is 1. The summed E-state index contributed by atoms with van der Waals surface area (Å²) < 4.78 is 0. The van der Waals surface area contributed by atoms with Crippen molar-refractivity contribution in [3.63, 3.8) is 0 Å². The van der Waals surface area contributed by atoms with Gasteiger partial charge in [0, 0.05) is 11.1 Å². The Kier molecular flexibility index (Phi) is 3.75. The number of allylic oxidation sites excluding steroid dienone is 1. The minimum Gasteiger partial charge on any atom is -0.478 e. The SMILES string of the molecule is C=C(C#Cc1ccc(C(=O)O)cc1)C(C)(C)C. The van der Waals surface area contributed by atoms with E-state index in [9.17, 15) is 4.79 Å². The predicted molar refractivity (Wildman–Crippen MR) is 68.9 cm³/mol. The summed E-state index contributed by atoms with van der Waals surface area (Å²) in [6.07, 6.45) is 0. The first-order chi connectivity index (χ1) is 7.80. The molecule has 1 N–H and O–H groups in total. The average Bonchev–Trinajstić information content (AvgIpc) is 2.25. The van der Waals surface area contributed by atoms with Gasteiger partial charge in [-0.2, -0.15) is 0 Å². The molecule has 2 nitrogen and oxygen atoms in total. The van der Waals surface area contributed by atoms with Crippen LogP contribution in [0.25, 0.3) is 0 Å². The van der Waals surface area contributed by atoms with Crippen LogP contribution in [-0.4, -0.2) is 11.1 Å². The van der Waals surface area contributed by atoms with Crippen molar-refractivity contribution in [3.8, 4) is 11.8 Å². The first kappa shape index (κ1) is 13.1. The summed E-state index contributed by atoms with van der Waals surface area (Å²) in [5, 5.41) is 8.75. The molecule has 0 saturated heterocycles. The van der Waals surface area contributed by atoms with Gasteiger partial charge in [0.2, 0.25) is 0 Å². The molecule has 0 spiro atoms. The third kappa shape index (κ3) is 3.81. The zero-order valence-corrected chi connectivity index (χ0v) is 10.4. The molecular weight excluding hydrogens is 212 g/mol. The van der Waals surface area contributed by atoms with Gasteiger partial charge in [-0.15, -0.1) is 0 Å². The van der Waals surface area contributed by atoms with E-state index in [1.807, 2.05) is 0 Å². The highest BCUT2D eigenvalue weighted by Gasteiger charge is 2.12. The van der Waals surface area contributed by atoms with E-state index in [4.69, 9.17) is 5.11 Å². The van der Waals surface area contributed by atoms with Crippen LogP contribution in [0.5, 0.6) is 0 Å². The van der Waals surface area contributed by atoms with Crippen molar-refractivity contribution < 1.29 is 9.90 Å². The number of benzene rings is 1. The highest BCUT2D eigenvalue weighted by molar-refractivity contribution is 5.87. The standard InChI is InChI=1S/C15H16O2/c1-11(15(2,3)4)5-6-12-7-9-13(10-8-12)14(16)17/h7-10H,1H2,2-4H3,(H,16,17). The lowest BCUT2D eigenvalue weighted by molar-refractivity contribution is 0.0697. The van der Waals surface area contributed by atoms with Crippen molar-refractivity contribution in [1.29, 1.82) is 0 Å². The van der Waals surface area contributed by atoms with Crippen molar-refractivity contribution >= 4 is 5.97 Å². The monoisotopic (exact) mass is 228 g/mol. The number of rotatable bonds is 1. The minimum absolute atomic E-state index is 0.0337. The van der Waals surface area contributed by atoms with Gasteiger partial charge in [-0.3, -0.25) is 0 Å². The van der Waals surface area contributed by atoms with Crippen LogP contribution in [0.4, 0.5) is 0 Å². The van der Waals surface area contributed by atoms with Crippen LogP contribution in [0, 0.1) is 17.3 Å². The Morgan fingerprint density at radius 3 is 2.18 bits per heavy atom. The molecule has 0 heterocycles. The van der Waals surface area contributed by atoms with E-state index in [0.29, 0.717) is 0 Å². The van der Waals surface area contributed by atoms with Gasteiger partial charge in [-0.25, -0.2) is 4.79 Å². The predicted octanol–water partition coefficient (Wildman–Crippen LogP) is 3.34. The fourth-order valence-corrected chi connectivity index (χ4v) is 1.03. The van der Waals surface area contributed by atoms with Gasteiger partial charge in [0.05, 0.1) is 5.56 Å². The molecule has 1 aromatic rings. The molecule has 1 aromatic carbocycles. The van der Waals surface area contributed by atoms with Crippen LogP contribution in [0.3, 0.4) is 0 Å². The summed E-state index contributed by atoms with van der Waals surface area (Å²) >= 11 is 0. The quantitative estimate of drug-likeness (QED) is 0.748. The molecule has 88 valence electrons. The highest BCUT2D eigenvalue weighted by atomic mass is 16.4. The van der Waals surface area contributed by atoms with Crippen molar-refractivity contribution in [2.45, 2.75) is 20.8 Å². The molecule has 1 rings (SSSR count). The van der Waals surface area contributed by atoms with E-state index in [1.54, 1.807) is 24.3 Å². The second-order valence-corrected chi connectivity index (χ2v) is 4.86. The number of carboxylic acid groups (broad SMARTS) is 1. The first-order valence-electron chi connectivity index (χ1n) is 5.35. The van der Waals surface area contributed by atoms with Gasteiger partial charge in [0.15, 0.2) is 0 Å². The van der Waals surface area contributed by atoms with Gasteiger partial charge >= 0.3 is 5.97 Å². The molecule has 0 bridgehead atoms. The van der Waals surface area contributed by atoms with Crippen LogP contribution in [0.2, 0.25) is 0 Å². The molecule has 0 atom stereocenters. The normalized spacial score (nSPS) is 10.3. The Hall–Kier alpha value is -2.01. The summed E-state index contributed by atoms with van der Waals surface area (Å²) in [5.41, 5.74) is 1.89. The Labute approximate surface area is 102 Å². The number of hydrogen-bond acceptors (Lipinski definition) is 1. The van der Waals surface area contributed by atoms with Gasteiger partial charge in [0.25, 0.3) is 0 Å². The third-order valence-corrected chi connectivity index (χ3v) is 2.39. The molecular formula is C15H16O2. The highest BCUT2D eigenvalue weighted by Crippen LogP contribution is 2.22. The van der Waals surface area contributed by atoms with Crippen molar-refractivity contribution in [1.82, 2.24) is 0 Å². The topological polar surface area (TPSA) is 37.3 Å². The maximum atomic E-state index is 10.7. The molecule has 0 aliphatic carbocycles. The molecule has 0 amide bonds. The molecule has 0 saturated carbocycles. The molecule has 0 aliphatic heterocycles. The lowest BCUT2D eigenvalue weighted by atomic mass is 9.88. The zero-order chi connectivity index (χ0) is 13.1. The Balaban J connectivity index is 2.87. The van der Waals surface area contributed by atoms with Crippen molar-refractivity contribution in [3.05, 3.63) is 47.5 Å². The van der Waals surface area contributed by atoms with Crippen molar-refractivity contribution in [2.24, 2.45) is 5.41 Å². The number of aromatic carboxylic acids is 1. The van der Waals surface area contributed by atoms with E-state index >= 15 is 0 Å². The average molecular weight is 228 g/mol. The van der Waals surface area contributed by atoms with Crippen LogP contribution in [0.1, 0.15) is 36.7 Å². The molecule has 0 fully saturated rings. The van der Waals surface area contributed by atoms with Crippen LogP contribution < -0.4 is 0 Å². The second kappa shape index (κ2) is 4.88. The molecule has 0 radical (unpaired) electrons. The van der Waals surface area contributed by atoms with Gasteiger partial charge in [-0.1, -0.05) is 39.2 Å². The van der Waals surface area contributed by atoms with Crippen molar-refractivity contribution in [2.75, 3.05) is 0 Å². The number of hydrogen-bond donors (Lipinski definition) is 1.